The first-order valence-corrected chi connectivity index (χ1v) is 9.57. The van der Waals surface area contributed by atoms with Crippen LogP contribution in [0.2, 0.25) is 0 Å². The van der Waals surface area contributed by atoms with Gasteiger partial charge in [-0.25, -0.2) is 4.79 Å². The summed E-state index contributed by atoms with van der Waals surface area (Å²) in [5.41, 5.74) is 2.88. The summed E-state index contributed by atoms with van der Waals surface area (Å²) in [6.07, 6.45) is 5.23. The fourth-order valence-corrected chi connectivity index (χ4v) is 3.90. The number of hydrogen-bond acceptors (Lipinski definition) is 4. The maximum absolute atomic E-state index is 12.4. The molecule has 0 aliphatic carbocycles. The Kier molecular flexibility index (Phi) is 4.71. The lowest BCUT2D eigenvalue weighted by Gasteiger charge is -2.31. The number of aromatic nitrogens is 1. The maximum Gasteiger partial charge on any atom is 0.341 e. The second-order valence-corrected chi connectivity index (χ2v) is 7.43. The fourth-order valence-electron chi connectivity index (χ4n) is 3.90. The fraction of sp³-hybridized carbons (Fsp3) is 0.364. The van der Waals surface area contributed by atoms with E-state index < -0.39 is 11.4 Å². The van der Waals surface area contributed by atoms with Crippen molar-refractivity contribution in [1.82, 2.24) is 4.57 Å². The van der Waals surface area contributed by atoms with E-state index in [2.05, 4.69) is 13.5 Å². The van der Waals surface area contributed by atoms with Gasteiger partial charge in [-0.15, -0.1) is 0 Å². The lowest BCUT2D eigenvalue weighted by Crippen LogP contribution is -2.25. The van der Waals surface area contributed by atoms with E-state index >= 15 is 0 Å². The molecule has 6 nitrogen and oxygen atoms in total. The molecule has 0 saturated carbocycles. The molecular formula is C22H23NO5. The molecule has 1 atom stereocenters. The van der Waals surface area contributed by atoms with Gasteiger partial charge in [-0.3, -0.25) is 4.79 Å². The molecule has 146 valence electrons. The molecule has 0 amide bonds. The Morgan fingerprint density at radius 2 is 1.96 bits per heavy atom. The Balaban J connectivity index is 1.87. The number of carboxylic acid groups (broad SMARTS) is 1. The number of rotatable bonds is 4. The highest BCUT2D eigenvalue weighted by Crippen LogP contribution is 2.42. The van der Waals surface area contributed by atoms with Crippen molar-refractivity contribution in [3.63, 3.8) is 0 Å². The third-order valence-electron chi connectivity index (χ3n) is 5.36. The number of aromatic carboxylic acids is 1. The van der Waals surface area contributed by atoms with Crippen LogP contribution in [0, 0.1) is 0 Å². The van der Waals surface area contributed by atoms with E-state index in [-0.39, 0.29) is 11.6 Å². The minimum Gasteiger partial charge on any atom is -0.485 e. The van der Waals surface area contributed by atoms with E-state index in [0.29, 0.717) is 24.7 Å². The monoisotopic (exact) mass is 381 g/mol. The van der Waals surface area contributed by atoms with Gasteiger partial charge in [-0.05, 0) is 36.1 Å². The predicted molar refractivity (Wildman–Crippen MR) is 105 cm³/mol. The first-order valence-electron chi connectivity index (χ1n) is 9.57. The zero-order valence-corrected chi connectivity index (χ0v) is 15.9. The van der Waals surface area contributed by atoms with Crippen LogP contribution in [0.5, 0.6) is 11.5 Å². The topological polar surface area (TPSA) is 77.8 Å². The molecule has 1 unspecified atom stereocenters. The quantitative estimate of drug-likeness (QED) is 0.815. The van der Waals surface area contributed by atoms with Gasteiger partial charge in [0.25, 0.3) is 0 Å². The van der Waals surface area contributed by atoms with Gasteiger partial charge in [0.15, 0.2) is 16.9 Å². The second kappa shape index (κ2) is 7.19. The average Bonchev–Trinajstić information content (AvgIpc) is 2.85. The number of carbonyl (C=O) groups is 1. The van der Waals surface area contributed by atoms with Gasteiger partial charge >= 0.3 is 5.97 Å². The SMILES string of the molecule is C=C1COc2cc3c(cc2OC1)-c1cc(=O)c(C(=O)O)cn1C(CCCC)C3. The number of ether oxygens (including phenoxy) is 2. The van der Waals surface area contributed by atoms with Gasteiger partial charge < -0.3 is 19.1 Å². The number of nitrogens with zero attached hydrogens (tertiary/aromatic N) is 1. The van der Waals surface area contributed by atoms with E-state index in [1.54, 1.807) is 0 Å². The van der Waals surface area contributed by atoms with E-state index in [0.717, 1.165) is 48.1 Å². The van der Waals surface area contributed by atoms with Crippen molar-refractivity contribution < 1.29 is 19.4 Å². The van der Waals surface area contributed by atoms with Crippen molar-refractivity contribution >= 4 is 5.97 Å². The largest absolute Gasteiger partial charge is 0.485 e. The molecule has 0 spiro atoms. The van der Waals surface area contributed by atoms with Crippen molar-refractivity contribution in [2.45, 2.75) is 38.6 Å². The second-order valence-electron chi connectivity index (χ2n) is 7.43. The van der Waals surface area contributed by atoms with Crippen molar-refractivity contribution in [3.05, 3.63) is 57.9 Å². The van der Waals surface area contributed by atoms with E-state index in [1.165, 1.54) is 12.3 Å². The van der Waals surface area contributed by atoms with Gasteiger partial charge in [0.05, 0.1) is 5.69 Å². The van der Waals surface area contributed by atoms with Crippen molar-refractivity contribution in [2.24, 2.45) is 0 Å². The minimum atomic E-state index is -1.20. The van der Waals surface area contributed by atoms with Crippen molar-refractivity contribution in [3.8, 4) is 22.8 Å². The Morgan fingerprint density at radius 1 is 1.25 bits per heavy atom. The van der Waals surface area contributed by atoms with Crippen LogP contribution in [0.1, 0.15) is 48.1 Å². The number of fused-ring (bicyclic) bond motifs is 4. The van der Waals surface area contributed by atoms with Gasteiger partial charge in [0.1, 0.15) is 18.8 Å². The number of benzene rings is 1. The first kappa shape index (κ1) is 18.3. The van der Waals surface area contributed by atoms with Crippen LogP contribution >= 0.6 is 0 Å². The highest BCUT2D eigenvalue weighted by Gasteiger charge is 2.28. The van der Waals surface area contributed by atoms with Crippen LogP contribution in [-0.4, -0.2) is 28.9 Å². The lowest BCUT2D eigenvalue weighted by atomic mass is 9.89. The van der Waals surface area contributed by atoms with Crippen LogP contribution in [-0.2, 0) is 6.42 Å². The summed E-state index contributed by atoms with van der Waals surface area (Å²) in [5, 5.41) is 9.38. The van der Waals surface area contributed by atoms with Crippen LogP contribution in [0.3, 0.4) is 0 Å². The lowest BCUT2D eigenvalue weighted by molar-refractivity contribution is 0.0694. The molecule has 0 radical (unpaired) electrons. The molecule has 28 heavy (non-hydrogen) atoms. The molecule has 2 aliphatic rings. The first-order chi connectivity index (χ1) is 13.5. The summed E-state index contributed by atoms with van der Waals surface area (Å²) in [6, 6.07) is 5.41. The van der Waals surface area contributed by atoms with Gasteiger partial charge in [0.2, 0.25) is 0 Å². The highest BCUT2D eigenvalue weighted by atomic mass is 16.5. The molecule has 1 aromatic carbocycles. The predicted octanol–water partition coefficient (Wildman–Crippen LogP) is 3.83. The van der Waals surface area contributed by atoms with Gasteiger partial charge in [-0.1, -0.05) is 26.3 Å². The number of pyridine rings is 1. The molecule has 1 N–H and O–H groups in total. The third kappa shape index (κ3) is 3.19. The summed E-state index contributed by atoms with van der Waals surface area (Å²) in [6.45, 7) is 6.86. The van der Waals surface area contributed by atoms with Crippen LogP contribution < -0.4 is 14.9 Å². The molecule has 6 heteroatoms. The smallest absolute Gasteiger partial charge is 0.341 e. The van der Waals surface area contributed by atoms with Crippen molar-refractivity contribution in [2.75, 3.05) is 13.2 Å². The Hall–Kier alpha value is -3.02. The number of carboxylic acids is 1. The van der Waals surface area contributed by atoms with Gasteiger partial charge in [-0.2, -0.15) is 0 Å². The maximum atomic E-state index is 12.4. The van der Waals surface area contributed by atoms with E-state index in [1.807, 2.05) is 16.7 Å². The molecule has 0 saturated heterocycles. The molecule has 0 fully saturated rings. The molecule has 3 heterocycles. The van der Waals surface area contributed by atoms with Crippen LogP contribution in [0.15, 0.2) is 41.3 Å². The summed E-state index contributed by atoms with van der Waals surface area (Å²) in [5.74, 6) is 0.104. The Bertz CT molecular complexity index is 1020. The zero-order chi connectivity index (χ0) is 19.8. The minimum absolute atomic E-state index is 0.0980. The Labute approximate surface area is 163 Å². The van der Waals surface area contributed by atoms with Crippen molar-refractivity contribution in [1.29, 1.82) is 0 Å². The van der Waals surface area contributed by atoms with Gasteiger partial charge in [0, 0.05) is 23.9 Å². The summed E-state index contributed by atoms with van der Waals surface area (Å²) in [7, 11) is 0. The summed E-state index contributed by atoms with van der Waals surface area (Å²) in [4.78, 5) is 23.9. The van der Waals surface area contributed by atoms with Crippen LogP contribution in [0.25, 0.3) is 11.3 Å². The average molecular weight is 381 g/mol. The zero-order valence-electron chi connectivity index (χ0n) is 15.9. The normalized spacial score (nSPS) is 17.5. The molecule has 1 aromatic heterocycles. The Morgan fingerprint density at radius 3 is 2.64 bits per heavy atom. The molecular weight excluding hydrogens is 358 g/mol. The summed E-state index contributed by atoms with van der Waals surface area (Å²) >= 11 is 0. The third-order valence-corrected chi connectivity index (χ3v) is 5.36. The molecule has 2 aliphatic heterocycles. The van der Waals surface area contributed by atoms with Crippen LogP contribution in [0.4, 0.5) is 0 Å². The number of unbranched alkanes of at least 4 members (excludes halogenated alkanes) is 1. The standard InChI is InChI=1S/C22H23NO5/c1-3-4-5-15-6-14-7-20-21(28-12-13(2)11-27-20)8-16(14)18-9-19(24)17(22(25)26)10-23(15)18/h7-10,15H,2-6,11-12H2,1H3,(H,25,26). The molecule has 4 rings (SSSR count). The van der Waals surface area contributed by atoms with E-state index in [4.69, 9.17) is 9.47 Å². The number of hydrogen-bond donors (Lipinski definition) is 1. The summed E-state index contributed by atoms with van der Waals surface area (Å²) < 4.78 is 13.6. The van der Waals surface area contributed by atoms with E-state index in [9.17, 15) is 14.7 Å². The molecule has 0 bridgehead atoms. The molecule has 2 aromatic rings. The highest BCUT2D eigenvalue weighted by molar-refractivity contribution is 5.87.